The average Bonchev–Trinajstić information content (AvgIpc) is 1.61. The first-order valence-corrected chi connectivity index (χ1v) is 43.6. The van der Waals surface area contributed by atoms with Gasteiger partial charge in [0.15, 0.2) is 0 Å². The second-order valence-corrected chi connectivity index (χ2v) is 33.4. The zero-order valence-electron chi connectivity index (χ0n) is 72.1. The number of amides is 2. The summed E-state index contributed by atoms with van der Waals surface area (Å²) in [5, 5.41) is 50.2. The van der Waals surface area contributed by atoms with Crippen molar-refractivity contribution in [1.82, 2.24) is 18.3 Å². The van der Waals surface area contributed by atoms with Crippen LogP contribution in [0.2, 0.25) is 0 Å². The number of carboxylic acids is 4. The van der Waals surface area contributed by atoms with E-state index in [1.807, 2.05) is 275 Å². The summed E-state index contributed by atoms with van der Waals surface area (Å²) in [6.45, 7) is 5.17. The Morgan fingerprint density at radius 2 is 0.646 bits per heavy atom. The molecule has 12 aromatic carbocycles. The Bertz CT molecular complexity index is 6930. The number of ether oxygens (including phenoxy) is 5. The van der Waals surface area contributed by atoms with Crippen LogP contribution in [0.25, 0.3) is 88.1 Å². The summed E-state index contributed by atoms with van der Waals surface area (Å²) in [7, 11) is 3.24. The van der Waals surface area contributed by atoms with Crippen molar-refractivity contribution in [3.63, 3.8) is 0 Å². The van der Waals surface area contributed by atoms with Crippen molar-refractivity contribution in [1.29, 1.82) is 0 Å². The number of anilines is 2. The monoisotopic (exact) mass is 1740 g/mol. The Hall–Kier alpha value is -15.5. The van der Waals surface area contributed by atoms with Crippen molar-refractivity contribution in [3.05, 3.63) is 342 Å². The van der Waals surface area contributed by atoms with Crippen LogP contribution in [0.1, 0.15) is 122 Å². The highest BCUT2D eigenvalue weighted by Crippen LogP contribution is 2.44. The molecule has 4 aliphatic rings. The maximum atomic E-state index is 13.3. The summed E-state index contributed by atoms with van der Waals surface area (Å²) in [4.78, 5) is 73.8. The molecular formula is C108H97FN6O15. The lowest BCUT2D eigenvalue weighted by atomic mass is 10.0. The highest BCUT2D eigenvalue weighted by Gasteiger charge is 2.33. The van der Waals surface area contributed by atoms with E-state index >= 15 is 0 Å². The quantitative estimate of drug-likeness (QED) is 0.0244. The lowest BCUT2D eigenvalue weighted by molar-refractivity contribution is -0.117. The molecule has 20 rings (SSSR count). The molecule has 16 aromatic rings. The molecule has 4 aliphatic carbocycles. The Morgan fingerprint density at radius 3 is 1.02 bits per heavy atom. The van der Waals surface area contributed by atoms with E-state index in [1.165, 1.54) is 57.6 Å². The molecule has 656 valence electrons. The molecule has 4 saturated carbocycles. The van der Waals surface area contributed by atoms with E-state index in [2.05, 4.69) is 10.6 Å². The Kier molecular flexibility index (Phi) is 25.9. The third kappa shape index (κ3) is 20.2. The summed E-state index contributed by atoms with van der Waals surface area (Å²) in [6, 6.07) is 90.3. The number of carbonyl (C=O) groups excluding carboxylic acids is 2. The molecule has 2 amide bonds. The van der Waals surface area contributed by atoms with Crippen LogP contribution in [0.3, 0.4) is 0 Å². The van der Waals surface area contributed by atoms with Crippen molar-refractivity contribution < 1.29 is 77.3 Å². The first-order chi connectivity index (χ1) is 63.3. The topological polar surface area (TPSA) is 273 Å². The predicted molar refractivity (Wildman–Crippen MR) is 503 cm³/mol. The van der Waals surface area contributed by atoms with Crippen molar-refractivity contribution in [2.75, 3.05) is 44.7 Å². The van der Waals surface area contributed by atoms with Gasteiger partial charge in [-0.15, -0.1) is 0 Å². The fraction of sp³-hybridized carbons (Fsp3) is 0.204. The number of nitrogens with one attached hydrogen (secondary N) is 2. The van der Waals surface area contributed by atoms with Gasteiger partial charge in [-0.05, 0) is 235 Å². The van der Waals surface area contributed by atoms with Gasteiger partial charge in [-0.3, -0.25) is 9.59 Å². The lowest BCUT2D eigenvalue weighted by Crippen LogP contribution is -2.13. The maximum Gasteiger partial charge on any atom is 0.353 e. The van der Waals surface area contributed by atoms with Crippen LogP contribution in [-0.4, -0.2) is 108 Å². The predicted octanol–water partition coefficient (Wildman–Crippen LogP) is 23.0. The van der Waals surface area contributed by atoms with Crippen molar-refractivity contribution in [3.8, 4) is 73.3 Å². The van der Waals surface area contributed by atoms with E-state index in [4.69, 9.17) is 23.7 Å². The number of methoxy groups -OCH3 is 2. The fourth-order valence-corrected chi connectivity index (χ4v) is 16.8. The number of carboxylic acid groups (broad SMARTS) is 4. The summed E-state index contributed by atoms with van der Waals surface area (Å²) in [6.07, 6.45) is 9.20. The largest absolute Gasteiger partial charge is 0.497 e. The van der Waals surface area contributed by atoms with E-state index in [0.717, 1.165) is 143 Å². The van der Waals surface area contributed by atoms with E-state index in [0.29, 0.717) is 84.2 Å². The highest BCUT2D eigenvalue weighted by molar-refractivity contribution is 6.12. The molecule has 4 aromatic heterocycles. The van der Waals surface area contributed by atoms with Gasteiger partial charge in [0.05, 0.1) is 34.0 Å². The Labute approximate surface area is 750 Å². The first-order valence-electron chi connectivity index (χ1n) is 43.6. The van der Waals surface area contributed by atoms with Gasteiger partial charge >= 0.3 is 23.9 Å². The molecule has 4 fully saturated rings. The van der Waals surface area contributed by atoms with E-state index < -0.39 is 23.9 Å². The number of fused-ring (bicyclic) bond motifs is 4. The van der Waals surface area contributed by atoms with Gasteiger partial charge in [-0.2, -0.15) is 0 Å². The second kappa shape index (κ2) is 38.8. The number of carbonyl (C=O) groups is 6. The molecule has 6 N–H and O–H groups in total. The number of nitrogens with zero attached hydrogens (tertiary/aromatic N) is 4. The lowest BCUT2D eigenvalue weighted by Gasteiger charge is -2.12. The van der Waals surface area contributed by atoms with Gasteiger partial charge in [-0.1, -0.05) is 170 Å². The van der Waals surface area contributed by atoms with Crippen molar-refractivity contribution in [2.24, 2.45) is 23.7 Å². The van der Waals surface area contributed by atoms with Gasteiger partial charge < -0.3 is 73.0 Å². The van der Waals surface area contributed by atoms with Gasteiger partial charge in [0.1, 0.15) is 57.3 Å². The van der Waals surface area contributed by atoms with E-state index in [9.17, 15) is 53.6 Å². The van der Waals surface area contributed by atoms with Gasteiger partial charge in [-0.25, -0.2) is 23.6 Å². The average molecular weight is 1740 g/mol. The van der Waals surface area contributed by atoms with Crippen LogP contribution in [0.4, 0.5) is 15.8 Å². The van der Waals surface area contributed by atoms with Crippen molar-refractivity contribution >= 4 is 90.7 Å². The standard InChI is InChI=1S/C28H26N2O4.C27H24N2O4.C27H25NO4.C26H22FNO3/c1-18(31)29-22-8-5-7-21(15-22)26-24-10-2-3-11-25(24)30(27(26)28(32)33)16-20-6-4-9-23(14-20)34-17-19-12-13-19;1-33-21-9-4-6-17(14-21)16-29-23-11-3-2-10-22(23)24(25(29)27(31)32)19-7-5-8-20(15-19)28-26(30)18-12-13-18;1-31-21-8-4-6-19(14-21)16-28-24-11-3-2-10-23(24)25(26(28)27(29)30)20-7-5-9-22(15-20)32-17-18-12-13-18;27-20-11-7-17(8-12-20)15-28-23-4-2-1-3-22(23)24(25(28)26(29)30)19-9-13-21(14-10-19)31-16-18-5-6-18/h2-11,14-15,19H,12-13,16-17H2,1H3,(H,29,31)(H,32,33);2-11,14-15,18H,12-13,16H2,1H3,(H,28,30)(H,31,32);2-11,14-15,18H,12-13,16-17H2,1H3,(H,29,30);1-4,7-14,18H,5-6,15-16H2,(H,29,30). The number of aromatic nitrogens is 4. The summed E-state index contributed by atoms with van der Waals surface area (Å²) in [5.74, 6) is 1.48. The van der Waals surface area contributed by atoms with Crippen molar-refractivity contribution in [2.45, 2.75) is 84.5 Å². The zero-order valence-corrected chi connectivity index (χ0v) is 72.1. The van der Waals surface area contributed by atoms with E-state index in [1.54, 1.807) is 37.0 Å². The number of para-hydroxylation sites is 4. The first kappa shape index (κ1) is 86.7. The number of hydrogen-bond acceptors (Lipinski definition) is 11. The molecule has 0 saturated heterocycles. The van der Waals surface area contributed by atoms with Crippen LogP contribution in [0.15, 0.2) is 291 Å². The third-order valence-electron chi connectivity index (χ3n) is 23.8. The van der Waals surface area contributed by atoms with E-state index in [-0.39, 0.29) is 46.3 Å². The Balaban J connectivity index is 0.000000122. The number of hydrogen-bond donors (Lipinski definition) is 6. The molecule has 22 heteroatoms. The number of rotatable bonds is 30. The third-order valence-corrected chi connectivity index (χ3v) is 23.8. The van der Waals surface area contributed by atoms with Crippen LogP contribution >= 0.6 is 0 Å². The molecular weight excluding hydrogens is 1640 g/mol. The van der Waals surface area contributed by atoms with Gasteiger partial charge in [0.2, 0.25) is 11.8 Å². The summed E-state index contributed by atoms with van der Waals surface area (Å²) < 4.78 is 49.1. The molecule has 0 bridgehead atoms. The van der Waals surface area contributed by atoms with Gasteiger partial charge in [0, 0.05) is 116 Å². The fourth-order valence-electron chi connectivity index (χ4n) is 16.8. The maximum absolute atomic E-state index is 13.3. The molecule has 0 spiro atoms. The second-order valence-electron chi connectivity index (χ2n) is 33.4. The molecule has 0 unspecified atom stereocenters. The number of aromatic carboxylic acids is 4. The minimum Gasteiger partial charge on any atom is -0.497 e. The molecule has 0 aliphatic heterocycles. The van der Waals surface area contributed by atoms with Crippen LogP contribution in [-0.2, 0) is 35.8 Å². The molecule has 21 nitrogen and oxygen atoms in total. The Morgan fingerprint density at radius 1 is 0.323 bits per heavy atom. The highest BCUT2D eigenvalue weighted by atomic mass is 19.1. The van der Waals surface area contributed by atoms with Gasteiger partial charge in [0.25, 0.3) is 0 Å². The molecule has 0 radical (unpaired) electrons. The SMILES string of the molecule is CC(=O)Nc1cccc(-c2c(C(=O)O)n(Cc3cccc(OCC4CC4)c3)c3ccccc23)c1.COc1cccc(Cn2c(C(=O)O)c(-c3cccc(NC(=O)C4CC4)c3)c3ccccc32)c1.COc1cccc(Cn2c(C(=O)O)c(-c3cccc(OCC4CC4)c3)c3ccccc32)c1.O=C(O)c1c(-c2ccc(OCC3CC3)cc2)c2ccccc2n1Cc1ccc(F)cc1. The smallest absolute Gasteiger partial charge is 0.353 e. The van der Waals surface area contributed by atoms with Crippen LogP contribution < -0.4 is 34.3 Å². The summed E-state index contributed by atoms with van der Waals surface area (Å²) >= 11 is 0. The number of benzene rings is 12. The minimum absolute atomic E-state index is 0.0195. The van der Waals surface area contributed by atoms with Crippen LogP contribution in [0.5, 0.6) is 28.7 Å². The molecule has 4 heterocycles. The molecule has 130 heavy (non-hydrogen) atoms. The molecule has 0 atom stereocenters. The zero-order chi connectivity index (χ0) is 90.1. The van der Waals surface area contributed by atoms with Crippen LogP contribution in [0, 0.1) is 29.5 Å². The number of halogens is 1. The normalized spacial score (nSPS) is 13.2. The summed E-state index contributed by atoms with van der Waals surface area (Å²) in [5.41, 5.74) is 15.1. The minimum atomic E-state index is -1.00.